The lowest BCUT2D eigenvalue weighted by Crippen LogP contribution is -2.40. The third-order valence-electron chi connectivity index (χ3n) is 3.22. The molecular weight excluding hydrogens is 296 g/mol. The number of anilines is 1. The van der Waals surface area contributed by atoms with E-state index >= 15 is 0 Å². The van der Waals surface area contributed by atoms with Crippen molar-refractivity contribution in [2.45, 2.75) is 19.9 Å². The molecule has 2 amide bonds. The Morgan fingerprint density at radius 2 is 1.90 bits per heavy atom. The number of aliphatic hydroxyl groups excluding tert-OH is 1. The minimum Gasteiger partial charge on any atom is -0.495 e. The molecule has 0 radical (unpaired) electrons. The number of hydrogen-bond acceptors (Lipinski definition) is 4. The average Bonchev–Trinajstić information content (AvgIpc) is 2.47. The van der Waals surface area contributed by atoms with E-state index in [4.69, 9.17) is 26.2 Å². The molecule has 2 atom stereocenters. The van der Waals surface area contributed by atoms with Gasteiger partial charge in [0.1, 0.15) is 11.5 Å². The van der Waals surface area contributed by atoms with Gasteiger partial charge in [-0.1, -0.05) is 18.5 Å². The summed E-state index contributed by atoms with van der Waals surface area (Å²) >= 11 is 6.00. The molecule has 0 saturated heterocycles. The van der Waals surface area contributed by atoms with Crippen molar-refractivity contribution in [1.29, 1.82) is 0 Å². The zero-order valence-corrected chi connectivity index (χ0v) is 13.3. The van der Waals surface area contributed by atoms with Gasteiger partial charge in [0, 0.05) is 24.8 Å². The Labute approximate surface area is 129 Å². The van der Waals surface area contributed by atoms with Crippen LogP contribution in [0.2, 0.25) is 5.02 Å². The summed E-state index contributed by atoms with van der Waals surface area (Å²) in [5.41, 5.74) is 0.445. The van der Waals surface area contributed by atoms with Gasteiger partial charge in [0.2, 0.25) is 0 Å². The van der Waals surface area contributed by atoms with Crippen LogP contribution in [0.1, 0.15) is 13.8 Å². The molecule has 0 aliphatic carbocycles. The van der Waals surface area contributed by atoms with E-state index in [0.717, 1.165) is 0 Å². The lowest BCUT2D eigenvalue weighted by molar-refractivity contribution is 0.204. The molecule has 0 spiro atoms. The number of ether oxygens (including phenoxy) is 2. The highest BCUT2D eigenvalue weighted by Gasteiger charge is 2.16. The van der Waals surface area contributed by atoms with E-state index in [-0.39, 0.29) is 18.6 Å². The largest absolute Gasteiger partial charge is 0.495 e. The van der Waals surface area contributed by atoms with Gasteiger partial charge < -0.3 is 25.2 Å². The Hall–Kier alpha value is -1.66. The summed E-state index contributed by atoms with van der Waals surface area (Å²) in [7, 11) is 2.97. The number of halogens is 1. The van der Waals surface area contributed by atoms with Gasteiger partial charge in [0.25, 0.3) is 0 Å². The highest BCUT2D eigenvalue weighted by atomic mass is 35.5. The molecule has 0 aromatic heterocycles. The fraction of sp³-hybridized carbons (Fsp3) is 0.500. The van der Waals surface area contributed by atoms with E-state index in [1.54, 1.807) is 12.1 Å². The standard InChI is InChI=1S/C14H21ClN2O4/c1-8(7-18)9(2)16-14(19)17-11-6-12(20-3)10(15)5-13(11)21-4/h5-6,8-9,18H,7H2,1-4H3,(H2,16,17,19). The van der Waals surface area contributed by atoms with Crippen molar-refractivity contribution < 1.29 is 19.4 Å². The summed E-state index contributed by atoms with van der Waals surface area (Å²) in [4.78, 5) is 12.0. The highest BCUT2D eigenvalue weighted by Crippen LogP contribution is 2.35. The molecular formula is C14H21ClN2O4. The number of methoxy groups -OCH3 is 2. The molecule has 0 aliphatic heterocycles. The van der Waals surface area contributed by atoms with Crippen LogP contribution in [-0.2, 0) is 0 Å². The summed E-state index contributed by atoms with van der Waals surface area (Å²) in [6.07, 6.45) is 0. The predicted molar refractivity (Wildman–Crippen MR) is 82.4 cm³/mol. The molecule has 7 heteroatoms. The third kappa shape index (κ3) is 4.68. The van der Waals surface area contributed by atoms with Crippen molar-refractivity contribution in [3.05, 3.63) is 17.2 Å². The van der Waals surface area contributed by atoms with Crippen molar-refractivity contribution in [2.24, 2.45) is 5.92 Å². The molecule has 0 saturated carbocycles. The molecule has 118 valence electrons. The predicted octanol–water partition coefficient (Wildman–Crippen LogP) is 2.50. The molecule has 0 heterocycles. The van der Waals surface area contributed by atoms with Gasteiger partial charge in [-0.25, -0.2) is 4.79 Å². The van der Waals surface area contributed by atoms with Gasteiger partial charge in [0.05, 0.1) is 24.9 Å². The van der Waals surface area contributed by atoms with E-state index in [1.807, 2.05) is 13.8 Å². The SMILES string of the molecule is COc1cc(NC(=O)NC(C)C(C)CO)c(OC)cc1Cl. The Morgan fingerprint density at radius 3 is 2.43 bits per heavy atom. The van der Waals surface area contributed by atoms with E-state index in [1.165, 1.54) is 14.2 Å². The minimum atomic E-state index is -0.398. The van der Waals surface area contributed by atoms with Crippen LogP contribution in [0.25, 0.3) is 0 Å². The Balaban J connectivity index is 2.84. The van der Waals surface area contributed by atoms with Crippen LogP contribution in [0.4, 0.5) is 10.5 Å². The normalized spacial score (nSPS) is 13.2. The molecule has 6 nitrogen and oxygen atoms in total. The van der Waals surface area contributed by atoms with Crippen molar-refractivity contribution in [3.63, 3.8) is 0 Å². The van der Waals surface area contributed by atoms with Crippen molar-refractivity contribution >= 4 is 23.3 Å². The maximum Gasteiger partial charge on any atom is 0.319 e. The second-order valence-electron chi connectivity index (χ2n) is 4.73. The number of aliphatic hydroxyl groups is 1. The minimum absolute atomic E-state index is 0.000461. The van der Waals surface area contributed by atoms with Crippen LogP contribution in [-0.4, -0.2) is 38.0 Å². The average molecular weight is 317 g/mol. The fourth-order valence-electron chi connectivity index (χ4n) is 1.62. The number of carbonyl (C=O) groups is 1. The molecule has 21 heavy (non-hydrogen) atoms. The summed E-state index contributed by atoms with van der Waals surface area (Å²) in [6.45, 7) is 3.66. The molecule has 3 N–H and O–H groups in total. The van der Waals surface area contributed by atoms with E-state index in [2.05, 4.69) is 10.6 Å². The Kier molecular flexibility index (Phi) is 6.58. The van der Waals surface area contributed by atoms with Crippen LogP contribution in [0.15, 0.2) is 12.1 Å². The number of benzene rings is 1. The number of nitrogens with one attached hydrogen (secondary N) is 2. The first-order valence-corrected chi connectivity index (χ1v) is 6.90. The highest BCUT2D eigenvalue weighted by molar-refractivity contribution is 6.32. The topological polar surface area (TPSA) is 79.8 Å². The smallest absolute Gasteiger partial charge is 0.319 e. The lowest BCUT2D eigenvalue weighted by Gasteiger charge is -2.20. The van der Waals surface area contributed by atoms with Crippen LogP contribution in [0, 0.1) is 5.92 Å². The molecule has 0 aliphatic rings. The first-order valence-electron chi connectivity index (χ1n) is 6.52. The van der Waals surface area contributed by atoms with Gasteiger partial charge in [-0.05, 0) is 12.8 Å². The molecule has 1 aromatic carbocycles. The Bertz CT molecular complexity index is 496. The van der Waals surface area contributed by atoms with Gasteiger partial charge >= 0.3 is 6.03 Å². The lowest BCUT2D eigenvalue weighted by atomic mass is 10.1. The zero-order chi connectivity index (χ0) is 16.0. The van der Waals surface area contributed by atoms with Crippen molar-refractivity contribution in [2.75, 3.05) is 26.1 Å². The third-order valence-corrected chi connectivity index (χ3v) is 3.52. The first kappa shape index (κ1) is 17.4. The summed E-state index contributed by atoms with van der Waals surface area (Å²) < 4.78 is 10.3. The quantitative estimate of drug-likeness (QED) is 0.753. The number of rotatable bonds is 6. The number of carbonyl (C=O) groups excluding carboxylic acids is 1. The summed E-state index contributed by atoms with van der Waals surface area (Å²) in [5, 5.41) is 14.9. The van der Waals surface area contributed by atoms with Crippen LogP contribution >= 0.6 is 11.6 Å². The van der Waals surface area contributed by atoms with Crippen molar-refractivity contribution in [3.8, 4) is 11.5 Å². The first-order chi connectivity index (χ1) is 9.92. The van der Waals surface area contributed by atoms with Gasteiger partial charge in [-0.2, -0.15) is 0 Å². The second kappa shape index (κ2) is 7.95. The maximum absolute atomic E-state index is 12.0. The molecule has 1 rings (SSSR count). The summed E-state index contributed by atoms with van der Waals surface area (Å²) in [5.74, 6) is 0.820. The molecule has 1 aromatic rings. The second-order valence-corrected chi connectivity index (χ2v) is 5.14. The van der Waals surface area contributed by atoms with Gasteiger partial charge in [-0.3, -0.25) is 0 Å². The number of urea groups is 1. The van der Waals surface area contributed by atoms with Crippen LogP contribution in [0.3, 0.4) is 0 Å². The van der Waals surface area contributed by atoms with E-state index in [0.29, 0.717) is 22.2 Å². The maximum atomic E-state index is 12.0. The monoisotopic (exact) mass is 316 g/mol. The fourth-order valence-corrected chi connectivity index (χ4v) is 1.85. The van der Waals surface area contributed by atoms with Crippen LogP contribution < -0.4 is 20.1 Å². The number of amides is 2. The number of hydrogen-bond donors (Lipinski definition) is 3. The zero-order valence-electron chi connectivity index (χ0n) is 12.6. The van der Waals surface area contributed by atoms with E-state index < -0.39 is 6.03 Å². The molecule has 0 fully saturated rings. The Morgan fingerprint density at radius 1 is 1.29 bits per heavy atom. The van der Waals surface area contributed by atoms with Gasteiger partial charge in [0.15, 0.2) is 0 Å². The van der Waals surface area contributed by atoms with E-state index in [9.17, 15) is 4.79 Å². The molecule has 0 bridgehead atoms. The van der Waals surface area contributed by atoms with Crippen molar-refractivity contribution in [1.82, 2.24) is 5.32 Å². The summed E-state index contributed by atoms with van der Waals surface area (Å²) in [6, 6.07) is 2.58. The van der Waals surface area contributed by atoms with Crippen LogP contribution in [0.5, 0.6) is 11.5 Å². The molecule has 2 unspecified atom stereocenters. The van der Waals surface area contributed by atoms with Gasteiger partial charge in [-0.15, -0.1) is 0 Å².